The van der Waals surface area contributed by atoms with Crippen LogP contribution >= 0.6 is 45.2 Å². The van der Waals surface area contributed by atoms with Crippen LogP contribution in [0.1, 0.15) is 24.5 Å². The third-order valence-electron chi connectivity index (χ3n) is 4.97. The second kappa shape index (κ2) is 5.43. The number of benzene rings is 3. The van der Waals surface area contributed by atoms with Crippen LogP contribution in [0.2, 0.25) is 0 Å². The monoisotopic (exact) mass is 532 g/mol. The number of hydrogen-bond acceptors (Lipinski definition) is 0. The largest absolute Gasteiger partial charge is 0.0678 e. The lowest BCUT2D eigenvalue weighted by atomic mass is 9.92. The second-order valence-electron chi connectivity index (χ2n) is 6.55. The zero-order valence-corrected chi connectivity index (χ0v) is 17.5. The van der Waals surface area contributed by atoms with Gasteiger partial charge in [-0.15, -0.1) is 0 Å². The molecule has 2 aliphatic carbocycles. The Balaban J connectivity index is 2.07. The van der Waals surface area contributed by atoms with Crippen LogP contribution in [0.3, 0.4) is 0 Å². The van der Waals surface area contributed by atoms with Crippen molar-refractivity contribution in [3.8, 4) is 22.3 Å². The normalized spacial score (nSPS) is 14.8. The molecule has 0 atom stereocenters. The van der Waals surface area contributed by atoms with Gasteiger partial charge in [-0.3, -0.25) is 0 Å². The van der Waals surface area contributed by atoms with Crippen LogP contribution < -0.4 is 0 Å². The van der Waals surface area contributed by atoms with Gasteiger partial charge in [0, 0.05) is 3.57 Å². The van der Waals surface area contributed by atoms with E-state index >= 15 is 0 Å². The molecule has 24 heavy (non-hydrogen) atoms. The van der Waals surface area contributed by atoms with Gasteiger partial charge in [0.15, 0.2) is 0 Å². The summed E-state index contributed by atoms with van der Waals surface area (Å²) in [7, 11) is 0. The van der Waals surface area contributed by atoms with Gasteiger partial charge in [0.2, 0.25) is 0 Å². The fraction of sp³-hybridized carbons (Fsp3) is 0.0909. The van der Waals surface area contributed by atoms with Gasteiger partial charge in [-0.2, -0.15) is 0 Å². The van der Waals surface area contributed by atoms with Crippen molar-refractivity contribution in [3.63, 3.8) is 0 Å². The third-order valence-corrected chi connectivity index (χ3v) is 6.83. The van der Waals surface area contributed by atoms with Crippen molar-refractivity contribution in [2.24, 2.45) is 0 Å². The molecule has 0 N–H and O–H groups in total. The van der Waals surface area contributed by atoms with E-state index in [4.69, 9.17) is 0 Å². The van der Waals surface area contributed by atoms with Gasteiger partial charge in [-0.25, -0.2) is 0 Å². The van der Waals surface area contributed by atoms with Crippen LogP contribution in [-0.2, 0) is 0 Å². The zero-order chi connectivity index (χ0) is 16.4. The van der Waals surface area contributed by atoms with Gasteiger partial charge in [0.1, 0.15) is 0 Å². The fourth-order valence-corrected chi connectivity index (χ4v) is 5.85. The number of hydrogen-bond donors (Lipinski definition) is 0. The molecular weight excluding hydrogens is 518 g/mol. The summed E-state index contributed by atoms with van der Waals surface area (Å²) in [5.41, 5.74) is 9.77. The van der Waals surface area contributed by atoms with Gasteiger partial charge in [0.05, 0.1) is 0 Å². The molecule has 0 bridgehead atoms. The van der Waals surface area contributed by atoms with E-state index in [9.17, 15) is 0 Å². The van der Waals surface area contributed by atoms with Gasteiger partial charge >= 0.3 is 0 Å². The van der Waals surface area contributed by atoms with Crippen LogP contribution in [0.15, 0.2) is 51.6 Å². The summed E-state index contributed by atoms with van der Waals surface area (Å²) in [6, 6.07) is 15.6. The molecule has 0 saturated heterocycles. The van der Waals surface area contributed by atoms with E-state index in [1.54, 1.807) is 0 Å². The van der Waals surface area contributed by atoms with E-state index in [1.807, 2.05) is 0 Å². The number of halogens is 2. The predicted octanol–water partition coefficient (Wildman–Crippen LogP) is 7.67. The summed E-state index contributed by atoms with van der Waals surface area (Å²) in [6.45, 7) is 2.24. The molecule has 0 saturated carbocycles. The standard InChI is InChI=1S/C22H14I2/c1-12-9-13(23)11-18-19(10-12)22(24)17-8-4-7-16-14-5-2-3-6-15(14)21(18)20(16)17/h2-8,10-11H,9H2,1H3. The maximum Gasteiger partial charge on any atom is 0.0287 e. The Kier molecular flexibility index (Phi) is 3.42. The maximum atomic E-state index is 2.54. The summed E-state index contributed by atoms with van der Waals surface area (Å²) in [5, 5.41) is 2.81. The predicted molar refractivity (Wildman–Crippen MR) is 121 cm³/mol. The maximum absolute atomic E-state index is 2.54. The first-order valence-electron chi connectivity index (χ1n) is 8.06. The summed E-state index contributed by atoms with van der Waals surface area (Å²) >= 11 is 5.04. The Hall–Kier alpha value is -1.14. The van der Waals surface area contributed by atoms with Gasteiger partial charge < -0.3 is 0 Å². The fourth-order valence-electron chi connectivity index (χ4n) is 4.04. The van der Waals surface area contributed by atoms with Crippen molar-refractivity contribution in [2.75, 3.05) is 0 Å². The average Bonchev–Trinajstić information content (AvgIpc) is 2.82. The zero-order valence-electron chi connectivity index (χ0n) is 13.2. The number of fused-ring (bicyclic) bond motifs is 5. The molecule has 3 aromatic carbocycles. The smallest absolute Gasteiger partial charge is 0.0287 e. The quantitative estimate of drug-likeness (QED) is 0.204. The highest BCUT2D eigenvalue weighted by Gasteiger charge is 2.27. The highest BCUT2D eigenvalue weighted by Crippen LogP contribution is 2.52. The number of allylic oxidation sites excluding steroid dienone is 2. The Labute approximate surface area is 168 Å². The SMILES string of the molecule is CC1=Cc2c(c3c4c(cccc4c2I)-c2ccccc2-3)C=C(I)C1. The molecule has 2 heteroatoms. The van der Waals surface area contributed by atoms with E-state index < -0.39 is 0 Å². The Morgan fingerprint density at radius 1 is 0.792 bits per heavy atom. The molecule has 0 fully saturated rings. The van der Waals surface area contributed by atoms with Crippen molar-refractivity contribution in [2.45, 2.75) is 13.3 Å². The molecule has 0 nitrogen and oxygen atoms in total. The molecular formula is C22H14I2. The third kappa shape index (κ3) is 2.02. The first kappa shape index (κ1) is 15.1. The average molecular weight is 532 g/mol. The topological polar surface area (TPSA) is 0 Å². The summed E-state index contributed by atoms with van der Waals surface area (Å²) in [4.78, 5) is 0. The molecule has 0 radical (unpaired) electrons. The van der Waals surface area contributed by atoms with Crippen molar-refractivity contribution < 1.29 is 0 Å². The molecule has 0 heterocycles. The van der Waals surface area contributed by atoms with E-state index in [0.29, 0.717) is 0 Å². The van der Waals surface area contributed by atoms with Crippen LogP contribution in [0.4, 0.5) is 0 Å². The van der Waals surface area contributed by atoms with Crippen molar-refractivity contribution in [1.82, 2.24) is 0 Å². The molecule has 2 aliphatic rings. The lowest BCUT2D eigenvalue weighted by Crippen LogP contribution is -1.92. The molecule has 5 rings (SSSR count). The lowest BCUT2D eigenvalue weighted by Gasteiger charge is -2.14. The van der Waals surface area contributed by atoms with Gasteiger partial charge in [0.25, 0.3) is 0 Å². The minimum absolute atomic E-state index is 1.05. The van der Waals surface area contributed by atoms with Gasteiger partial charge in [-0.05, 0) is 112 Å². The first-order chi connectivity index (χ1) is 11.6. The molecule has 0 amide bonds. The van der Waals surface area contributed by atoms with Crippen LogP contribution in [0.5, 0.6) is 0 Å². The van der Waals surface area contributed by atoms with E-state index in [-0.39, 0.29) is 0 Å². The van der Waals surface area contributed by atoms with Crippen molar-refractivity contribution in [1.29, 1.82) is 0 Å². The highest BCUT2D eigenvalue weighted by molar-refractivity contribution is 14.1. The van der Waals surface area contributed by atoms with E-state index in [1.165, 1.54) is 56.9 Å². The molecule has 0 aliphatic heterocycles. The minimum atomic E-state index is 1.05. The first-order valence-corrected chi connectivity index (χ1v) is 10.2. The van der Waals surface area contributed by atoms with E-state index in [2.05, 4.69) is 107 Å². The Bertz CT molecular complexity index is 1100. The summed E-state index contributed by atoms with van der Waals surface area (Å²) in [6.07, 6.45) is 5.84. The second-order valence-corrected chi connectivity index (χ2v) is 9.01. The number of rotatable bonds is 0. The summed E-state index contributed by atoms with van der Waals surface area (Å²) in [5.74, 6) is 0. The van der Waals surface area contributed by atoms with Crippen LogP contribution in [0.25, 0.3) is 45.2 Å². The minimum Gasteiger partial charge on any atom is -0.0678 e. The highest BCUT2D eigenvalue weighted by atomic mass is 127. The molecule has 116 valence electrons. The lowest BCUT2D eigenvalue weighted by molar-refractivity contribution is 1.24. The molecule has 3 aromatic rings. The Morgan fingerprint density at radius 3 is 2.38 bits per heavy atom. The molecule has 0 aromatic heterocycles. The van der Waals surface area contributed by atoms with Crippen LogP contribution in [0, 0.1) is 3.57 Å². The van der Waals surface area contributed by atoms with Crippen molar-refractivity contribution >= 4 is 68.1 Å². The van der Waals surface area contributed by atoms with Crippen molar-refractivity contribution in [3.05, 3.63) is 66.3 Å². The Morgan fingerprint density at radius 2 is 1.54 bits per heavy atom. The molecule has 0 spiro atoms. The molecule has 0 unspecified atom stereocenters. The van der Waals surface area contributed by atoms with E-state index in [0.717, 1.165) is 6.42 Å². The van der Waals surface area contributed by atoms with Crippen LogP contribution in [-0.4, -0.2) is 0 Å². The van der Waals surface area contributed by atoms with Gasteiger partial charge in [-0.1, -0.05) is 54.1 Å². The summed E-state index contributed by atoms with van der Waals surface area (Å²) < 4.78 is 2.78.